The lowest BCUT2D eigenvalue weighted by Gasteiger charge is -1.89. The normalized spacial score (nSPS) is 12.4. The Morgan fingerprint density at radius 3 is 2.67 bits per heavy atom. The summed E-state index contributed by atoms with van der Waals surface area (Å²) in [5, 5.41) is 0. The third kappa shape index (κ3) is 4.17. The lowest BCUT2D eigenvalue weighted by atomic mass is 10.2. The van der Waals surface area contributed by atoms with E-state index in [1.54, 1.807) is 0 Å². The summed E-state index contributed by atoms with van der Waals surface area (Å²) in [6, 6.07) is 0. The van der Waals surface area contributed by atoms with Crippen LogP contribution in [0.15, 0.2) is 24.0 Å². The molecule has 0 unspecified atom stereocenters. The van der Waals surface area contributed by atoms with E-state index in [1.807, 2.05) is 6.08 Å². The van der Waals surface area contributed by atoms with Crippen LogP contribution < -0.4 is 0 Å². The predicted octanol–water partition coefficient (Wildman–Crippen LogP) is 3.23. The molecule has 0 spiro atoms. The van der Waals surface area contributed by atoms with Crippen molar-refractivity contribution in [3.8, 4) is 0 Å². The molecule has 9 heavy (non-hydrogen) atoms. The van der Waals surface area contributed by atoms with Gasteiger partial charge in [0.1, 0.15) is 0 Å². The quantitative estimate of drug-likeness (QED) is 0.417. The van der Waals surface area contributed by atoms with Crippen LogP contribution in [0.5, 0.6) is 0 Å². The van der Waals surface area contributed by atoms with Crippen molar-refractivity contribution in [2.45, 2.75) is 20.3 Å². The molecule has 50 valence electrons. The van der Waals surface area contributed by atoms with Crippen molar-refractivity contribution in [2.75, 3.05) is 0 Å². The molecular formula is C8H13P. The molecular weight excluding hydrogens is 127 g/mol. The van der Waals surface area contributed by atoms with Gasteiger partial charge in [-0.15, -0.1) is 0 Å². The van der Waals surface area contributed by atoms with E-state index in [2.05, 4.69) is 32.0 Å². The van der Waals surface area contributed by atoms with Crippen LogP contribution in [-0.4, -0.2) is 5.80 Å². The third-order valence-corrected chi connectivity index (χ3v) is 1.84. The average molecular weight is 140 g/mol. The van der Waals surface area contributed by atoms with Gasteiger partial charge in [-0.25, -0.2) is 0 Å². The molecule has 0 aromatic rings. The maximum Gasteiger partial charge on any atom is -0.0304 e. The van der Waals surface area contributed by atoms with E-state index < -0.39 is 0 Å². The summed E-state index contributed by atoms with van der Waals surface area (Å²) in [5.74, 6) is 4.28. The van der Waals surface area contributed by atoms with Crippen molar-refractivity contribution in [3.63, 3.8) is 0 Å². The summed E-state index contributed by atoms with van der Waals surface area (Å²) >= 11 is 0. The minimum Gasteiger partial charge on any atom is -0.0988 e. The Labute approximate surface area is 59.1 Å². The highest BCUT2D eigenvalue weighted by Gasteiger charge is 1.80. The molecule has 0 atom stereocenters. The summed E-state index contributed by atoms with van der Waals surface area (Å²) in [7, 11) is 1.28. The first-order chi connectivity index (χ1) is 4.35. The van der Waals surface area contributed by atoms with E-state index in [-0.39, 0.29) is 0 Å². The molecule has 0 aliphatic rings. The molecule has 0 aromatic carbocycles. The largest absolute Gasteiger partial charge is 0.0988 e. The van der Waals surface area contributed by atoms with E-state index in [0.29, 0.717) is 0 Å². The molecule has 0 saturated carbocycles. The Bertz CT molecular complexity index is 132. The van der Waals surface area contributed by atoms with Gasteiger partial charge in [-0.2, -0.15) is 0 Å². The zero-order valence-corrected chi connectivity index (χ0v) is 6.99. The lowest BCUT2D eigenvalue weighted by Crippen LogP contribution is -1.67. The van der Waals surface area contributed by atoms with E-state index in [0.717, 1.165) is 6.42 Å². The highest BCUT2D eigenvalue weighted by atomic mass is 31.1. The van der Waals surface area contributed by atoms with Crippen LogP contribution in [0.25, 0.3) is 0 Å². The Balaban J connectivity index is 3.90. The van der Waals surface area contributed by atoms with Crippen LogP contribution in [0.1, 0.15) is 20.3 Å². The molecule has 0 aliphatic heterocycles. The van der Waals surface area contributed by atoms with E-state index in [1.165, 1.54) is 13.8 Å². The summed E-state index contributed by atoms with van der Waals surface area (Å²) in [6.45, 7) is 7.89. The molecule has 0 bridgehead atoms. The highest BCUT2D eigenvalue weighted by Crippen LogP contribution is 2.07. The Hall–Kier alpha value is -0.350. The monoisotopic (exact) mass is 140 g/mol. The summed E-state index contributed by atoms with van der Waals surface area (Å²) in [4.78, 5) is 0. The first-order valence-electron chi connectivity index (χ1n) is 3.14. The van der Waals surface area contributed by atoms with Crippen molar-refractivity contribution in [3.05, 3.63) is 24.0 Å². The standard InChI is InChI=1S/C8H13P/c1-4-8(5-2)7-9-6-3/h4,6-7H,1,5H2,2-3H3/b8-7+. The van der Waals surface area contributed by atoms with Crippen LogP contribution >= 0.6 is 8.20 Å². The highest BCUT2D eigenvalue weighted by molar-refractivity contribution is 7.41. The first-order valence-corrected chi connectivity index (χ1v) is 4.17. The minimum absolute atomic E-state index is 1.09. The molecule has 0 aromatic heterocycles. The first kappa shape index (κ1) is 8.65. The lowest BCUT2D eigenvalue weighted by molar-refractivity contribution is 1.16. The van der Waals surface area contributed by atoms with Crippen LogP contribution in [0, 0.1) is 0 Å². The second-order valence-electron chi connectivity index (χ2n) is 1.67. The smallest absolute Gasteiger partial charge is 0.0304 e. The fourth-order valence-electron chi connectivity index (χ4n) is 0.459. The third-order valence-electron chi connectivity index (χ3n) is 1.06. The van der Waals surface area contributed by atoms with Gasteiger partial charge in [-0.05, 0) is 24.7 Å². The van der Waals surface area contributed by atoms with Crippen molar-refractivity contribution in [1.82, 2.24) is 0 Å². The van der Waals surface area contributed by atoms with Gasteiger partial charge >= 0.3 is 0 Å². The second kappa shape index (κ2) is 5.78. The number of allylic oxidation sites excluding steroid dienone is 2. The fourth-order valence-corrected chi connectivity index (χ4v) is 1.09. The molecule has 0 saturated heterocycles. The maximum atomic E-state index is 3.70. The molecule has 0 radical (unpaired) electrons. The molecule has 0 rings (SSSR count). The topological polar surface area (TPSA) is 0 Å². The van der Waals surface area contributed by atoms with Crippen molar-refractivity contribution < 1.29 is 0 Å². The van der Waals surface area contributed by atoms with Gasteiger partial charge in [-0.1, -0.05) is 33.6 Å². The fraction of sp³-hybridized carbons (Fsp3) is 0.375. The van der Waals surface area contributed by atoms with Gasteiger partial charge < -0.3 is 0 Å². The van der Waals surface area contributed by atoms with Gasteiger partial charge in [0.2, 0.25) is 0 Å². The summed E-state index contributed by atoms with van der Waals surface area (Å²) in [6.07, 6.45) is 3.00. The molecule has 0 N–H and O–H groups in total. The molecule has 0 heterocycles. The van der Waals surface area contributed by atoms with E-state index in [4.69, 9.17) is 0 Å². The van der Waals surface area contributed by atoms with Gasteiger partial charge in [0, 0.05) is 0 Å². The SMILES string of the molecule is C=C/C(=C\P=CC)CC. The summed E-state index contributed by atoms with van der Waals surface area (Å²) < 4.78 is 0. The summed E-state index contributed by atoms with van der Waals surface area (Å²) in [5.41, 5.74) is 1.33. The Morgan fingerprint density at radius 1 is 1.67 bits per heavy atom. The maximum absolute atomic E-state index is 3.70. The minimum atomic E-state index is 1.09. The Kier molecular flexibility index (Phi) is 5.56. The van der Waals surface area contributed by atoms with Crippen molar-refractivity contribution in [1.29, 1.82) is 0 Å². The van der Waals surface area contributed by atoms with Crippen LogP contribution in [0.4, 0.5) is 0 Å². The van der Waals surface area contributed by atoms with Crippen LogP contribution in [0.3, 0.4) is 0 Å². The predicted molar refractivity (Wildman–Crippen MR) is 47.2 cm³/mol. The average Bonchev–Trinajstić information content (AvgIpc) is 1.91. The zero-order chi connectivity index (χ0) is 7.11. The molecule has 0 nitrogen and oxygen atoms in total. The van der Waals surface area contributed by atoms with Gasteiger partial charge in [-0.3, -0.25) is 0 Å². The van der Waals surface area contributed by atoms with Crippen molar-refractivity contribution in [2.24, 2.45) is 0 Å². The molecule has 0 aliphatic carbocycles. The van der Waals surface area contributed by atoms with E-state index >= 15 is 0 Å². The van der Waals surface area contributed by atoms with Gasteiger partial charge in [0.25, 0.3) is 0 Å². The molecule has 0 amide bonds. The van der Waals surface area contributed by atoms with Crippen LogP contribution in [-0.2, 0) is 0 Å². The van der Waals surface area contributed by atoms with Gasteiger partial charge in [0.05, 0.1) is 0 Å². The number of hydrogen-bond acceptors (Lipinski definition) is 0. The van der Waals surface area contributed by atoms with E-state index in [9.17, 15) is 0 Å². The molecule has 1 heteroatoms. The zero-order valence-electron chi connectivity index (χ0n) is 6.09. The number of hydrogen-bond donors (Lipinski definition) is 0. The number of rotatable bonds is 3. The van der Waals surface area contributed by atoms with Crippen molar-refractivity contribution >= 4 is 14.0 Å². The molecule has 0 fully saturated rings. The van der Waals surface area contributed by atoms with Crippen LogP contribution in [0.2, 0.25) is 0 Å². The van der Waals surface area contributed by atoms with Gasteiger partial charge in [0.15, 0.2) is 0 Å². The second-order valence-corrected chi connectivity index (χ2v) is 2.74. The Morgan fingerprint density at radius 2 is 2.33 bits per heavy atom.